The Morgan fingerprint density at radius 2 is 2.18 bits per heavy atom. The third kappa shape index (κ3) is 1.91. The van der Waals surface area contributed by atoms with E-state index in [0.29, 0.717) is 0 Å². The Morgan fingerprint density at radius 3 is 2.82 bits per heavy atom. The summed E-state index contributed by atoms with van der Waals surface area (Å²) in [5.74, 6) is -0.711. The van der Waals surface area contributed by atoms with Crippen LogP contribution in [0.1, 0.15) is 11.3 Å². The van der Waals surface area contributed by atoms with Crippen molar-refractivity contribution in [3.8, 4) is 6.07 Å². The van der Waals surface area contributed by atoms with Crippen molar-refractivity contribution in [2.75, 3.05) is 0 Å². The van der Waals surface area contributed by atoms with Crippen LogP contribution in [0.5, 0.6) is 0 Å². The molecule has 0 aliphatic heterocycles. The SMILES string of the molecule is Cc1[nH]c2ccccc2c1/C=C(/C#N)C(N)=O. The Kier molecular flexibility index (Phi) is 2.67. The van der Waals surface area contributed by atoms with Crippen molar-refractivity contribution < 1.29 is 4.79 Å². The van der Waals surface area contributed by atoms with E-state index < -0.39 is 5.91 Å². The zero-order valence-corrected chi connectivity index (χ0v) is 9.32. The minimum Gasteiger partial charge on any atom is -0.365 e. The number of fused-ring (bicyclic) bond motifs is 1. The molecule has 0 unspecified atom stereocenters. The van der Waals surface area contributed by atoms with Gasteiger partial charge in [0.15, 0.2) is 0 Å². The quantitative estimate of drug-likeness (QED) is 0.604. The second-order valence-corrected chi connectivity index (χ2v) is 3.74. The average molecular weight is 225 g/mol. The molecule has 0 bridgehead atoms. The van der Waals surface area contributed by atoms with E-state index >= 15 is 0 Å². The number of aromatic nitrogens is 1. The monoisotopic (exact) mass is 225 g/mol. The van der Waals surface area contributed by atoms with Crippen LogP contribution in [-0.2, 0) is 4.79 Å². The summed E-state index contributed by atoms with van der Waals surface area (Å²) >= 11 is 0. The number of hydrogen-bond donors (Lipinski definition) is 2. The number of nitrogens with two attached hydrogens (primary N) is 1. The smallest absolute Gasteiger partial charge is 0.259 e. The summed E-state index contributed by atoms with van der Waals surface area (Å²) in [6, 6.07) is 9.50. The lowest BCUT2D eigenvalue weighted by Gasteiger charge is -1.95. The molecule has 0 aliphatic rings. The van der Waals surface area contributed by atoms with E-state index in [4.69, 9.17) is 11.0 Å². The van der Waals surface area contributed by atoms with Crippen LogP contribution in [0.3, 0.4) is 0 Å². The largest absolute Gasteiger partial charge is 0.365 e. The van der Waals surface area contributed by atoms with Crippen LogP contribution in [0.4, 0.5) is 0 Å². The van der Waals surface area contributed by atoms with E-state index in [2.05, 4.69) is 4.98 Å². The van der Waals surface area contributed by atoms with Gasteiger partial charge < -0.3 is 10.7 Å². The Morgan fingerprint density at radius 1 is 1.47 bits per heavy atom. The first-order valence-electron chi connectivity index (χ1n) is 5.12. The van der Waals surface area contributed by atoms with Crippen LogP contribution in [0.2, 0.25) is 0 Å². The van der Waals surface area contributed by atoms with Crippen molar-refractivity contribution in [3.63, 3.8) is 0 Å². The van der Waals surface area contributed by atoms with Gasteiger partial charge >= 0.3 is 0 Å². The Labute approximate surface area is 98.4 Å². The second kappa shape index (κ2) is 4.14. The maximum Gasteiger partial charge on any atom is 0.259 e. The van der Waals surface area contributed by atoms with E-state index in [9.17, 15) is 4.79 Å². The summed E-state index contributed by atoms with van der Waals surface area (Å²) in [7, 11) is 0. The number of carbonyl (C=O) groups excluding carboxylic acids is 1. The summed E-state index contributed by atoms with van der Waals surface area (Å²) in [5.41, 5.74) is 7.78. The minimum absolute atomic E-state index is 0.0437. The highest BCUT2D eigenvalue weighted by molar-refractivity contribution is 6.03. The Bertz CT molecular complexity index is 659. The van der Waals surface area contributed by atoms with Crippen LogP contribution >= 0.6 is 0 Å². The number of aryl methyl sites for hydroxylation is 1. The van der Waals surface area contributed by atoms with Gasteiger partial charge in [-0.2, -0.15) is 5.26 Å². The standard InChI is InChI=1S/C13H11N3O/c1-8-11(6-9(7-14)13(15)17)10-4-2-3-5-12(10)16-8/h2-6,16H,1H3,(H2,15,17)/b9-6-. The molecule has 0 saturated heterocycles. The maximum absolute atomic E-state index is 11.0. The molecule has 2 rings (SSSR count). The lowest BCUT2D eigenvalue weighted by Crippen LogP contribution is -2.12. The molecule has 0 spiro atoms. The van der Waals surface area contributed by atoms with Crippen molar-refractivity contribution in [2.24, 2.45) is 5.73 Å². The Balaban J connectivity index is 2.68. The molecule has 1 aromatic carbocycles. The van der Waals surface area contributed by atoms with E-state index in [0.717, 1.165) is 22.2 Å². The maximum atomic E-state index is 11.0. The fourth-order valence-corrected chi connectivity index (χ4v) is 1.79. The Hall–Kier alpha value is -2.54. The van der Waals surface area contributed by atoms with Gasteiger partial charge in [-0.1, -0.05) is 18.2 Å². The van der Waals surface area contributed by atoms with Gasteiger partial charge in [0.1, 0.15) is 11.6 Å². The van der Waals surface area contributed by atoms with Gasteiger partial charge in [0, 0.05) is 22.2 Å². The van der Waals surface area contributed by atoms with E-state index in [-0.39, 0.29) is 5.57 Å². The highest BCUT2D eigenvalue weighted by Gasteiger charge is 2.09. The van der Waals surface area contributed by atoms with Gasteiger partial charge in [0.2, 0.25) is 0 Å². The predicted octanol–water partition coefficient (Wildman–Crippen LogP) is 1.87. The molecule has 0 aliphatic carbocycles. The highest BCUT2D eigenvalue weighted by atomic mass is 16.1. The first-order chi connectivity index (χ1) is 8.13. The van der Waals surface area contributed by atoms with Crippen molar-refractivity contribution in [1.29, 1.82) is 5.26 Å². The van der Waals surface area contributed by atoms with Crippen molar-refractivity contribution in [1.82, 2.24) is 4.98 Å². The number of carbonyl (C=O) groups is 1. The molecule has 17 heavy (non-hydrogen) atoms. The summed E-state index contributed by atoms with van der Waals surface area (Å²) in [4.78, 5) is 14.2. The fourth-order valence-electron chi connectivity index (χ4n) is 1.79. The molecule has 1 aromatic heterocycles. The molecule has 3 N–H and O–H groups in total. The third-order valence-electron chi connectivity index (χ3n) is 2.62. The summed E-state index contributed by atoms with van der Waals surface area (Å²) in [6.07, 6.45) is 1.52. The van der Waals surface area contributed by atoms with Crippen LogP contribution in [0, 0.1) is 18.3 Å². The number of hydrogen-bond acceptors (Lipinski definition) is 2. The van der Waals surface area contributed by atoms with E-state index in [1.807, 2.05) is 31.2 Å². The fraction of sp³-hybridized carbons (Fsp3) is 0.0769. The number of primary amides is 1. The van der Waals surface area contributed by atoms with Crippen molar-refractivity contribution in [3.05, 3.63) is 41.1 Å². The van der Waals surface area contributed by atoms with Crippen molar-refractivity contribution >= 4 is 22.9 Å². The number of para-hydroxylation sites is 1. The first kappa shape index (κ1) is 11.0. The molecule has 0 saturated carbocycles. The van der Waals surface area contributed by atoms with Crippen LogP contribution in [0.25, 0.3) is 17.0 Å². The van der Waals surface area contributed by atoms with Crippen LogP contribution in [0.15, 0.2) is 29.8 Å². The van der Waals surface area contributed by atoms with Gasteiger partial charge in [0.05, 0.1) is 0 Å². The van der Waals surface area contributed by atoms with Gasteiger partial charge in [-0.15, -0.1) is 0 Å². The molecule has 84 valence electrons. The number of nitrogens with zero attached hydrogens (tertiary/aromatic N) is 1. The third-order valence-corrected chi connectivity index (χ3v) is 2.62. The summed E-state index contributed by atoms with van der Waals surface area (Å²) in [5, 5.41) is 9.80. The molecule has 0 fully saturated rings. The normalized spacial score (nSPS) is 11.4. The van der Waals surface area contributed by atoms with Gasteiger partial charge in [0.25, 0.3) is 5.91 Å². The van der Waals surface area contributed by atoms with Gasteiger partial charge in [-0.25, -0.2) is 0 Å². The number of nitrogens with one attached hydrogen (secondary N) is 1. The van der Waals surface area contributed by atoms with E-state index in [1.165, 1.54) is 6.08 Å². The van der Waals surface area contributed by atoms with Gasteiger partial charge in [-0.05, 0) is 19.1 Å². The van der Waals surface area contributed by atoms with E-state index in [1.54, 1.807) is 6.07 Å². The lowest BCUT2D eigenvalue weighted by atomic mass is 10.1. The summed E-state index contributed by atoms with van der Waals surface area (Å²) in [6.45, 7) is 1.89. The number of nitriles is 1. The second-order valence-electron chi connectivity index (χ2n) is 3.74. The molecule has 4 heteroatoms. The first-order valence-corrected chi connectivity index (χ1v) is 5.12. The van der Waals surface area contributed by atoms with Crippen LogP contribution < -0.4 is 5.73 Å². The number of H-pyrrole nitrogens is 1. The summed E-state index contributed by atoms with van der Waals surface area (Å²) < 4.78 is 0. The zero-order chi connectivity index (χ0) is 12.4. The number of benzene rings is 1. The van der Waals surface area contributed by atoms with Gasteiger partial charge in [-0.3, -0.25) is 4.79 Å². The molecular weight excluding hydrogens is 214 g/mol. The topological polar surface area (TPSA) is 82.7 Å². The number of rotatable bonds is 2. The van der Waals surface area contributed by atoms with Crippen LogP contribution in [-0.4, -0.2) is 10.9 Å². The molecule has 1 amide bonds. The highest BCUT2D eigenvalue weighted by Crippen LogP contribution is 2.23. The molecule has 4 nitrogen and oxygen atoms in total. The molecular formula is C13H11N3O. The number of amides is 1. The molecule has 0 radical (unpaired) electrons. The predicted molar refractivity (Wildman–Crippen MR) is 65.8 cm³/mol. The molecule has 0 atom stereocenters. The minimum atomic E-state index is -0.711. The average Bonchev–Trinajstić information content (AvgIpc) is 2.61. The van der Waals surface area contributed by atoms with Crippen molar-refractivity contribution in [2.45, 2.75) is 6.92 Å². The molecule has 1 heterocycles. The zero-order valence-electron chi connectivity index (χ0n) is 9.32. The number of aromatic amines is 1. The molecule has 2 aromatic rings. The lowest BCUT2D eigenvalue weighted by molar-refractivity contribution is -0.114.